The van der Waals surface area contributed by atoms with E-state index in [9.17, 15) is 9.59 Å². The average Bonchev–Trinajstić information content (AvgIpc) is 2.97. The van der Waals surface area contributed by atoms with Crippen LogP contribution in [0.15, 0.2) is 48.8 Å². The molecular weight excluding hydrogens is 306 g/mol. The molecule has 2 heterocycles. The van der Waals surface area contributed by atoms with Crippen molar-refractivity contribution in [2.75, 3.05) is 24.6 Å². The zero-order valence-corrected chi connectivity index (χ0v) is 13.5. The molecule has 2 aromatic rings. The number of carbonyl (C=O) groups is 2. The second-order valence-corrected chi connectivity index (χ2v) is 5.48. The third kappa shape index (κ3) is 3.37. The number of hydrogen-bond donors (Lipinski definition) is 0. The summed E-state index contributed by atoms with van der Waals surface area (Å²) < 4.78 is 4.96. The Morgan fingerprint density at radius 2 is 2.00 bits per heavy atom. The second kappa shape index (κ2) is 7.12. The number of rotatable bonds is 5. The van der Waals surface area contributed by atoms with Gasteiger partial charge in [0.15, 0.2) is 0 Å². The van der Waals surface area contributed by atoms with E-state index in [4.69, 9.17) is 4.74 Å². The molecule has 0 N–H and O–H groups in total. The van der Waals surface area contributed by atoms with Crippen LogP contribution in [0.25, 0.3) is 0 Å². The van der Waals surface area contributed by atoms with E-state index in [-0.39, 0.29) is 12.0 Å². The highest BCUT2D eigenvalue weighted by molar-refractivity contribution is 5.95. The lowest BCUT2D eigenvalue weighted by atomic mass is 10.2. The number of nitrogens with zero attached hydrogens (tertiary/aromatic N) is 3. The molecular formula is C18H19N3O3. The van der Waals surface area contributed by atoms with E-state index < -0.39 is 0 Å². The van der Waals surface area contributed by atoms with Crippen molar-refractivity contribution in [3.05, 3.63) is 59.9 Å². The molecule has 0 bridgehead atoms. The Bertz CT molecular complexity index is 716. The summed E-state index contributed by atoms with van der Waals surface area (Å²) in [5.41, 5.74) is 2.27. The molecule has 0 saturated carbocycles. The number of anilines is 1. The molecule has 124 valence electrons. The SMILES string of the molecule is CCOC(=O)c1ccc(N2CCN(Cc3cccnc3)C2=O)cc1. The second-order valence-electron chi connectivity index (χ2n) is 5.48. The summed E-state index contributed by atoms with van der Waals surface area (Å²) in [5.74, 6) is -0.352. The maximum atomic E-state index is 12.6. The quantitative estimate of drug-likeness (QED) is 0.793. The lowest BCUT2D eigenvalue weighted by molar-refractivity contribution is 0.0526. The summed E-state index contributed by atoms with van der Waals surface area (Å²) in [6.07, 6.45) is 3.48. The third-order valence-corrected chi connectivity index (χ3v) is 3.88. The monoisotopic (exact) mass is 325 g/mol. The zero-order valence-electron chi connectivity index (χ0n) is 13.5. The largest absolute Gasteiger partial charge is 0.462 e. The first-order chi connectivity index (χ1) is 11.7. The average molecular weight is 325 g/mol. The van der Waals surface area contributed by atoms with Gasteiger partial charge in [-0.2, -0.15) is 0 Å². The van der Waals surface area contributed by atoms with Crippen LogP contribution < -0.4 is 4.90 Å². The molecule has 0 unspecified atom stereocenters. The van der Waals surface area contributed by atoms with E-state index >= 15 is 0 Å². The summed E-state index contributed by atoms with van der Waals surface area (Å²) in [5, 5.41) is 0. The maximum Gasteiger partial charge on any atom is 0.338 e. The summed E-state index contributed by atoms with van der Waals surface area (Å²) in [4.78, 5) is 31.8. The molecule has 24 heavy (non-hydrogen) atoms. The standard InChI is InChI=1S/C18H19N3O3/c1-2-24-17(22)15-5-7-16(8-6-15)21-11-10-20(18(21)23)13-14-4-3-9-19-12-14/h3-9,12H,2,10-11,13H2,1H3. The Morgan fingerprint density at radius 1 is 1.21 bits per heavy atom. The van der Waals surface area contributed by atoms with E-state index in [0.29, 0.717) is 31.8 Å². The minimum atomic E-state index is -0.352. The van der Waals surface area contributed by atoms with Crippen LogP contribution in [0.5, 0.6) is 0 Å². The molecule has 2 amide bonds. The van der Waals surface area contributed by atoms with E-state index in [1.807, 2.05) is 12.1 Å². The number of amides is 2. The number of esters is 1. The van der Waals surface area contributed by atoms with Gasteiger partial charge in [-0.3, -0.25) is 9.88 Å². The molecule has 1 saturated heterocycles. The molecule has 1 aromatic heterocycles. The fraction of sp³-hybridized carbons (Fsp3) is 0.278. The van der Waals surface area contributed by atoms with Gasteiger partial charge in [0.25, 0.3) is 0 Å². The molecule has 1 aromatic carbocycles. The Labute approximate surface area is 140 Å². The first-order valence-electron chi connectivity index (χ1n) is 7.91. The van der Waals surface area contributed by atoms with Crippen LogP contribution in [0, 0.1) is 0 Å². The van der Waals surface area contributed by atoms with Crippen LogP contribution in [-0.4, -0.2) is 41.6 Å². The van der Waals surface area contributed by atoms with Crippen molar-refractivity contribution < 1.29 is 14.3 Å². The predicted molar refractivity (Wildman–Crippen MR) is 89.8 cm³/mol. The molecule has 0 atom stereocenters. The number of pyridine rings is 1. The highest BCUT2D eigenvalue weighted by Crippen LogP contribution is 2.22. The van der Waals surface area contributed by atoms with Crippen molar-refractivity contribution >= 4 is 17.7 Å². The van der Waals surface area contributed by atoms with Gasteiger partial charge in [-0.25, -0.2) is 9.59 Å². The van der Waals surface area contributed by atoms with Gasteiger partial charge in [-0.05, 0) is 42.8 Å². The Balaban J connectivity index is 1.67. The van der Waals surface area contributed by atoms with Crippen molar-refractivity contribution in [3.63, 3.8) is 0 Å². The van der Waals surface area contributed by atoms with Gasteiger partial charge in [0, 0.05) is 37.7 Å². The highest BCUT2D eigenvalue weighted by atomic mass is 16.5. The lowest BCUT2D eigenvalue weighted by Crippen LogP contribution is -2.31. The van der Waals surface area contributed by atoms with Gasteiger partial charge >= 0.3 is 12.0 Å². The van der Waals surface area contributed by atoms with Gasteiger partial charge in [0.2, 0.25) is 0 Å². The summed E-state index contributed by atoms with van der Waals surface area (Å²) >= 11 is 0. The van der Waals surface area contributed by atoms with E-state index in [0.717, 1.165) is 11.3 Å². The lowest BCUT2D eigenvalue weighted by Gasteiger charge is -2.19. The molecule has 1 aliphatic heterocycles. The van der Waals surface area contributed by atoms with Gasteiger partial charge in [0.1, 0.15) is 0 Å². The molecule has 0 radical (unpaired) electrons. The van der Waals surface area contributed by atoms with Gasteiger partial charge < -0.3 is 9.64 Å². The van der Waals surface area contributed by atoms with Gasteiger partial charge in [-0.1, -0.05) is 6.07 Å². The Kier molecular flexibility index (Phi) is 4.74. The van der Waals surface area contributed by atoms with Crippen molar-refractivity contribution in [2.45, 2.75) is 13.5 Å². The number of benzene rings is 1. The smallest absolute Gasteiger partial charge is 0.338 e. The third-order valence-electron chi connectivity index (χ3n) is 3.88. The first-order valence-corrected chi connectivity index (χ1v) is 7.91. The normalized spacial score (nSPS) is 14.1. The van der Waals surface area contributed by atoms with Crippen LogP contribution in [-0.2, 0) is 11.3 Å². The molecule has 1 fully saturated rings. The molecule has 0 spiro atoms. The topological polar surface area (TPSA) is 62.7 Å². The Morgan fingerprint density at radius 3 is 2.67 bits per heavy atom. The molecule has 1 aliphatic rings. The van der Waals surface area contributed by atoms with Crippen molar-refractivity contribution in [1.29, 1.82) is 0 Å². The van der Waals surface area contributed by atoms with Crippen LogP contribution in [0.4, 0.5) is 10.5 Å². The van der Waals surface area contributed by atoms with Crippen LogP contribution in [0.2, 0.25) is 0 Å². The first kappa shape index (κ1) is 16.0. The summed E-state index contributed by atoms with van der Waals surface area (Å²) in [7, 11) is 0. The maximum absolute atomic E-state index is 12.6. The highest BCUT2D eigenvalue weighted by Gasteiger charge is 2.29. The predicted octanol–water partition coefficient (Wildman–Crippen LogP) is 2.70. The minimum Gasteiger partial charge on any atom is -0.462 e. The molecule has 6 heteroatoms. The number of carbonyl (C=O) groups excluding carboxylic acids is 2. The zero-order chi connectivity index (χ0) is 16.9. The minimum absolute atomic E-state index is 0.0391. The van der Waals surface area contributed by atoms with Crippen LogP contribution >= 0.6 is 0 Å². The number of ether oxygens (including phenoxy) is 1. The van der Waals surface area contributed by atoms with Crippen LogP contribution in [0.1, 0.15) is 22.8 Å². The van der Waals surface area contributed by atoms with E-state index in [2.05, 4.69) is 4.98 Å². The molecule has 6 nitrogen and oxygen atoms in total. The van der Waals surface area contributed by atoms with Crippen molar-refractivity contribution in [2.24, 2.45) is 0 Å². The van der Waals surface area contributed by atoms with E-state index in [1.165, 1.54) is 0 Å². The van der Waals surface area contributed by atoms with E-state index in [1.54, 1.807) is 53.4 Å². The Hall–Kier alpha value is -2.89. The van der Waals surface area contributed by atoms with Crippen LogP contribution in [0.3, 0.4) is 0 Å². The summed E-state index contributed by atoms with van der Waals surface area (Å²) in [6.45, 7) is 3.94. The molecule has 3 rings (SSSR count). The van der Waals surface area contributed by atoms with Gasteiger partial charge in [-0.15, -0.1) is 0 Å². The number of aromatic nitrogens is 1. The fourth-order valence-electron chi connectivity index (χ4n) is 2.67. The summed E-state index contributed by atoms with van der Waals surface area (Å²) in [6, 6.07) is 10.7. The fourth-order valence-corrected chi connectivity index (χ4v) is 2.67. The van der Waals surface area contributed by atoms with Crippen molar-refractivity contribution in [1.82, 2.24) is 9.88 Å². The van der Waals surface area contributed by atoms with Crippen molar-refractivity contribution in [3.8, 4) is 0 Å². The number of urea groups is 1. The number of hydrogen-bond acceptors (Lipinski definition) is 4. The molecule has 0 aliphatic carbocycles. The van der Waals surface area contributed by atoms with Gasteiger partial charge in [0.05, 0.1) is 12.2 Å².